The van der Waals surface area contributed by atoms with Crippen molar-refractivity contribution in [2.75, 3.05) is 24.7 Å². The fourth-order valence-electron chi connectivity index (χ4n) is 4.62. The summed E-state index contributed by atoms with van der Waals surface area (Å²) in [6.07, 6.45) is 11.4. The van der Waals surface area contributed by atoms with Crippen LogP contribution in [0.2, 0.25) is 0 Å². The maximum absolute atomic E-state index is 12.9. The van der Waals surface area contributed by atoms with Crippen LogP contribution in [-0.2, 0) is 0 Å². The Morgan fingerprint density at radius 2 is 2.07 bits per heavy atom. The molecule has 0 radical (unpaired) electrons. The van der Waals surface area contributed by atoms with E-state index >= 15 is 0 Å². The lowest BCUT2D eigenvalue weighted by Crippen LogP contribution is -2.51. The van der Waals surface area contributed by atoms with Crippen molar-refractivity contribution in [2.45, 2.75) is 56.7 Å². The van der Waals surface area contributed by atoms with Crippen LogP contribution in [0.5, 0.6) is 0 Å². The van der Waals surface area contributed by atoms with Crippen molar-refractivity contribution in [2.24, 2.45) is 5.92 Å². The standard InChI is InChI=1S/C21H29N5OS/c1-2-25-13-26(15-5-3-14(4-6-15)11-24-28-16-7-8-16)19-17-9-10-22-20(17)23-12-18(19)21(25)27/h9-10,12,14-16,24H,2-8,11,13H2,1H3,(H,22,23). The number of pyridine rings is 1. The van der Waals surface area contributed by atoms with Crippen LogP contribution in [-0.4, -0.2) is 51.8 Å². The van der Waals surface area contributed by atoms with Gasteiger partial charge >= 0.3 is 0 Å². The van der Waals surface area contributed by atoms with Crippen LogP contribution in [0.3, 0.4) is 0 Å². The normalized spacial score (nSPS) is 25.4. The SMILES string of the molecule is CCN1CN(C2CCC(CNSC3CC3)CC2)c2c(cnc3[nH]ccc23)C1=O. The maximum atomic E-state index is 12.9. The summed E-state index contributed by atoms with van der Waals surface area (Å²) in [6, 6.07) is 2.56. The number of H-pyrrole nitrogens is 1. The van der Waals surface area contributed by atoms with Crippen molar-refractivity contribution in [1.29, 1.82) is 0 Å². The summed E-state index contributed by atoms with van der Waals surface area (Å²) in [4.78, 5) is 25.0. The van der Waals surface area contributed by atoms with Gasteiger partial charge < -0.3 is 14.8 Å². The van der Waals surface area contributed by atoms with Crippen LogP contribution < -0.4 is 9.62 Å². The van der Waals surface area contributed by atoms with E-state index in [1.54, 1.807) is 6.20 Å². The van der Waals surface area contributed by atoms with Crippen molar-refractivity contribution in [3.05, 3.63) is 24.0 Å². The van der Waals surface area contributed by atoms with E-state index in [2.05, 4.69) is 32.6 Å². The predicted octanol–water partition coefficient (Wildman–Crippen LogP) is 3.76. The van der Waals surface area contributed by atoms with Gasteiger partial charge in [-0.05, 0) is 57.4 Å². The Labute approximate surface area is 170 Å². The van der Waals surface area contributed by atoms with Gasteiger partial charge in [-0.25, -0.2) is 4.98 Å². The Morgan fingerprint density at radius 3 is 2.82 bits per heavy atom. The highest BCUT2D eigenvalue weighted by Gasteiger charge is 2.36. The first kappa shape index (κ1) is 18.3. The number of aromatic nitrogens is 2. The van der Waals surface area contributed by atoms with Gasteiger partial charge in [0.25, 0.3) is 5.91 Å². The highest BCUT2D eigenvalue weighted by Crippen LogP contribution is 2.39. The number of amides is 1. The third-order valence-corrected chi connectivity index (χ3v) is 7.61. The number of rotatable bonds is 6. The lowest BCUT2D eigenvalue weighted by atomic mass is 9.85. The molecular weight excluding hydrogens is 370 g/mol. The molecule has 5 rings (SSSR count). The number of nitrogens with one attached hydrogen (secondary N) is 2. The number of fused-ring (bicyclic) bond motifs is 3. The molecule has 0 unspecified atom stereocenters. The highest BCUT2D eigenvalue weighted by atomic mass is 32.2. The van der Waals surface area contributed by atoms with Crippen LogP contribution in [0.25, 0.3) is 11.0 Å². The molecule has 0 atom stereocenters. The second kappa shape index (κ2) is 7.59. The Morgan fingerprint density at radius 1 is 1.25 bits per heavy atom. The van der Waals surface area contributed by atoms with E-state index in [1.165, 1.54) is 38.5 Å². The molecular formula is C21H29N5OS. The first-order valence-corrected chi connectivity index (χ1v) is 11.5. The van der Waals surface area contributed by atoms with Crippen LogP contribution in [0.1, 0.15) is 55.8 Å². The Balaban J connectivity index is 1.34. The molecule has 7 heteroatoms. The molecule has 0 saturated heterocycles. The lowest BCUT2D eigenvalue weighted by Gasteiger charge is -2.44. The van der Waals surface area contributed by atoms with E-state index in [-0.39, 0.29) is 5.91 Å². The molecule has 3 aliphatic rings. The minimum atomic E-state index is 0.110. The second-order valence-electron chi connectivity index (χ2n) is 8.37. The Hall–Kier alpha value is -1.73. The Bertz CT molecular complexity index is 856. The molecule has 1 amide bonds. The molecule has 6 nitrogen and oxygen atoms in total. The molecule has 1 aliphatic heterocycles. The van der Waals surface area contributed by atoms with Gasteiger partial charge in [0.2, 0.25) is 0 Å². The molecule has 2 N–H and O–H groups in total. The number of carbonyl (C=O) groups is 1. The Kier molecular flexibility index (Phi) is 4.97. The van der Waals surface area contributed by atoms with Crippen LogP contribution >= 0.6 is 11.9 Å². The molecule has 2 saturated carbocycles. The number of hydrogen-bond donors (Lipinski definition) is 2. The van der Waals surface area contributed by atoms with E-state index in [0.717, 1.165) is 46.5 Å². The summed E-state index contributed by atoms with van der Waals surface area (Å²) in [5, 5.41) is 1.95. The third-order valence-electron chi connectivity index (χ3n) is 6.47. The molecule has 2 aromatic heterocycles. The van der Waals surface area contributed by atoms with Gasteiger partial charge in [-0.3, -0.25) is 9.52 Å². The molecule has 2 aliphatic carbocycles. The van der Waals surface area contributed by atoms with Gasteiger partial charge in [0.15, 0.2) is 0 Å². The quantitative estimate of drug-likeness (QED) is 0.724. The molecule has 28 heavy (non-hydrogen) atoms. The van der Waals surface area contributed by atoms with E-state index in [9.17, 15) is 4.79 Å². The number of hydrogen-bond acceptors (Lipinski definition) is 5. The molecule has 0 bridgehead atoms. The summed E-state index contributed by atoms with van der Waals surface area (Å²) >= 11 is 1.95. The largest absolute Gasteiger partial charge is 0.349 e. The van der Waals surface area contributed by atoms with Crippen LogP contribution in [0.4, 0.5) is 5.69 Å². The first-order valence-electron chi connectivity index (χ1n) is 10.6. The van der Waals surface area contributed by atoms with E-state index in [0.29, 0.717) is 12.7 Å². The van der Waals surface area contributed by atoms with Crippen molar-refractivity contribution in [3.63, 3.8) is 0 Å². The molecule has 2 aromatic rings. The minimum absolute atomic E-state index is 0.110. The maximum Gasteiger partial charge on any atom is 0.258 e. The van der Waals surface area contributed by atoms with Gasteiger partial charge in [-0.15, -0.1) is 0 Å². The van der Waals surface area contributed by atoms with Crippen molar-refractivity contribution in [3.8, 4) is 0 Å². The summed E-state index contributed by atoms with van der Waals surface area (Å²) in [7, 11) is 0. The molecule has 0 aromatic carbocycles. The molecule has 2 fully saturated rings. The van der Waals surface area contributed by atoms with E-state index in [1.807, 2.05) is 23.0 Å². The van der Waals surface area contributed by atoms with Gasteiger partial charge in [0.05, 0.1) is 17.9 Å². The predicted molar refractivity (Wildman–Crippen MR) is 115 cm³/mol. The smallest absolute Gasteiger partial charge is 0.258 e. The zero-order chi connectivity index (χ0) is 19.1. The molecule has 0 spiro atoms. The van der Waals surface area contributed by atoms with Gasteiger partial charge in [-0.2, -0.15) is 0 Å². The minimum Gasteiger partial charge on any atom is -0.349 e. The van der Waals surface area contributed by atoms with Gasteiger partial charge in [0.1, 0.15) is 5.65 Å². The highest BCUT2D eigenvalue weighted by molar-refractivity contribution is 7.98. The van der Waals surface area contributed by atoms with Gasteiger partial charge in [0, 0.05) is 42.2 Å². The average molecular weight is 400 g/mol. The van der Waals surface area contributed by atoms with Crippen LogP contribution in [0, 0.1) is 5.92 Å². The first-order chi connectivity index (χ1) is 13.7. The lowest BCUT2D eigenvalue weighted by molar-refractivity contribution is 0.0741. The number of nitrogens with zero attached hydrogens (tertiary/aromatic N) is 3. The summed E-state index contributed by atoms with van der Waals surface area (Å²) in [5.41, 5.74) is 2.72. The topological polar surface area (TPSA) is 64.3 Å². The van der Waals surface area contributed by atoms with Crippen molar-refractivity contribution >= 4 is 34.6 Å². The van der Waals surface area contributed by atoms with Crippen molar-refractivity contribution < 1.29 is 4.79 Å². The summed E-state index contributed by atoms with van der Waals surface area (Å²) in [5.74, 6) is 0.889. The second-order valence-corrected chi connectivity index (χ2v) is 9.56. The van der Waals surface area contributed by atoms with Crippen molar-refractivity contribution in [1.82, 2.24) is 19.6 Å². The number of aromatic amines is 1. The molecule has 150 valence electrons. The number of carbonyl (C=O) groups excluding carboxylic acids is 1. The summed E-state index contributed by atoms with van der Waals surface area (Å²) < 4.78 is 3.61. The zero-order valence-corrected chi connectivity index (χ0v) is 17.3. The van der Waals surface area contributed by atoms with Crippen LogP contribution in [0.15, 0.2) is 18.5 Å². The third kappa shape index (κ3) is 3.39. The zero-order valence-electron chi connectivity index (χ0n) is 16.5. The molecule has 3 heterocycles. The van der Waals surface area contributed by atoms with E-state index < -0.39 is 0 Å². The van der Waals surface area contributed by atoms with Gasteiger partial charge in [-0.1, -0.05) is 11.9 Å². The average Bonchev–Trinajstić information content (AvgIpc) is 3.42. The monoisotopic (exact) mass is 399 g/mol. The number of anilines is 1. The fraction of sp³-hybridized carbons (Fsp3) is 0.619. The van der Waals surface area contributed by atoms with E-state index in [4.69, 9.17) is 0 Å². The summed E-state index contributed by atoms with van der Waals surface area (Å²) in [6.45, 7) is 4.62. The fourth-order valence-corrected chi connectivity index (χ4v) is 5.56.